The highest BCUT2D eigenvalue weighted by Gasteiger charge is 2.34. The van der Waals surface area contributed by atoms with Gasteiger partial charge in [0.15, 0.2) is 0 Å². The molecule has 2 aromatic rings. The summed E-state index contributed by atoms with van der Waals surface area (Å²) in [5.74, 6) is 0.626. The van der Waals surface area contributed by atoms with Crippen molar-refractivity contribution in [1.82, 2.24) is 4.90 Å². The zero-order valence-corrected chi connectivity index (χ0v) is 15.7. The average Bonchev–Trinajstić information content (AvgIpc) is 3.40. The fraction of sp³-hybridized carbons (Fsp3) is 0.350. The number of carbonyl (C=O) groups excluding carboxylic acids is 1. The molecule has 2 amide bonds. The van der Waals surface area contributed by atoms with E-state index in [0.29, 0.717) is 12.5 Å². The first kappa shape index (κ1) is 17.0. The summed E-state index contributed by atoms with van der Waals surface area (Å²) in [5.41, 5.74) is 3.13. The van der Waals surface area contributed by atoms with Gasteiger partial charge in [-0.3, -0.25) is 0 Å². The molecule has 1 atom stereocenters. The van der Waals surface area contributed by atoms with Crippen LogP contribution in [-0.4, -0.2) is 17.0 Å². The Morgan fingerprint density at radius 1 is 1.25 bits per heavy atom. The highest BCUT2D eigenvalue weighted by molar-refractivity contribution is 9.10. The van der Waals surface area contributed by atoms with Crippen LogP contribution in [0.1, 0.15) is 30.9 Å². The molecule has 0 saturated heterocycles. The molecule has 1 aliphatic rings. The quantitative estimate of drug-likeness (QED) is 0.713. The number of halogens is 1. The number of nitrogens with zero attached hydrogens (tertiary/aromatic N) is 1. The van der Waals surface area contributed by atoms with Gasteiger partial charge in [-0.05, 0) is 71.8 Å². The van der Waals surface area contributed by atoms with Crippen LogP contribution in [0.15, 0.2) is 53.0 Å². The van der Waals surface area contributed by atoms with Crippen LogP contribution in [0.2, 0.25) is 0 Å². The molecule has 3 rings (SSSR count). The second kappa shape index (κ2) is 7.39. The van der Waals surface area contributed by atoms with E-state index in [4.69, 9.17) is 0 Å². The second-order valence-electron chi connectivity index (χ2n) is 6.60. The molecule has 3 nitrogen and oxygen atoms in total. The van der Waals surface area contributed by atoms with Gasteiger partial charge in [-0.25, -0.2) is 4.79 Å². The van der Waals surface area contributed by atoms with Crippen molar-refractivity contribution in [1.29, 1.82) is 0 Å². The number of benzene rings is 2. The van der Waals surface area contributed by atoms with Crippen LogP contribution in [0.5, 0.6) is 0 Å². The molecular formula is C20H23BrN2O. The first-order valence-electron chi connectivity index (χ1n) is 8.42. The summed E-state index contributed by atoms with van der Waals surface area (Å²) in [6, 6.07) is 16.4. The van der Waals surface area contributed by atoms with E-state index in [1.165, 1.54) is 12.8 Å². The Labute approximate surface area is 152 Å². The van der Waals surface area contributed by atoms with Gasteiger partial charge in [-0.15, -0.1) is 0 Å². The van der Waals surface area contributed by atoms with Crippen molar-refractivity contribution in [3.05, 3.63) is 64.1 Å². The predicted molar refractivity (Wildman–Crippen MR) is 102 cm³/mol. The van der Waals surface area contributed by atoms with Crippen molar-refractivity contribution >= 4 is 27.6 Å². The minimum absolute atomic E-state index is 0.0391. The third-order valence-corrected chi connectivity index (χ3v) is 5.27. The van der Waals surface area contributed by atoms with Gasteiger partial charge in [0.1, 0.15) is 0 Å². The number of urea groups is 1. The summed E-state index contributed by atoms with van der Waals surface area (Å²) in [6.07, 6.45) is 2.43. The lowest BCUT2D eigenvalue weighted by molar-refractivity contribution is 0.180. The summed E-state index contributed by atoms with van der Waals surface area (Å²) >= 11 is 3.54. The predicted octanol–water partition coefficient (Wildman–Crippen LogP) is 5.59. The van der Waals surface area contributed by atoms with E-state index in [1.54, 1.807) is 0 Å². The lowest BCUT2D eigenvalue weighted by Gasteiger charge is -2.30. The minimum atomic E-state index is -0.0391. The summed E-state index contributed by atoms with van der Waals surface area (Å²) in [6.45, 7) is 4.82. The third kappa shape index (κ3) is 4.18. The fourth-order valence-electron chi connectivity index (χ4n) is 2.92. The van der Waals surface area contributed by atoms with Gasteiger partial charge in [0, 0.05) is 17.1 Å². The summed E-state index contributed by atoms with van der Waals surface area (Å²) in [5, 5.41) is 3.06. The van der Waals surface area contributed by atoms with Crippen LogP contribution in [0.3, 0.4) is 0 Å². The maximum Gasteiger partial charge on any atom is 0.322 e. The monoisotopic (exact) mass is 386 g/mol. The number of aryl methyl sites for hydroxylation is 1. The van der Waals surface area contributed by atoms with Crippen LogP contribution in [0, 0.1) is 12.8 Å². The number of hydrogen-bond acceptors (Lipinski definition) is 1. The molecule has 0 heterocycles. The number of anilines is 1. The van der Waals surface area contributed by atoms with Crippen LogP contribution >= 0.6 is 15.9 Å². The average molecular weight is 387 g/mol. The number of carbonyl (C=O) groups is 1. The van der Waals surface area contributed by atoms with E-state index >= 15 is 0 Å². The molecule has 1 N–H and O–H groups in total. The standard InChI is InChI=1S/C20H23BrN2O/c1-14-8-11-19(18(21)12-14)22-20(24)23(15(2)17-9-10-17)13-16-6-4-3-5-7-16/h3-8,11-12,15,17H,9-10,13H2,1-2H3,(H,22,24). The minimum Gasteiger partial charge on any atom is -0.317 e. The molecule has 1 saturated carbocycles. The molecule has 126 valence electrons. The van der Waals surface area contributed by atoms with E-state index < -0.39 is 0 Å². The molecule has 1 fully saturated rings. The van der Waals surface area contributed by atoms with Crippen LogP contribution in [0.4, 0.5) is 10.5 Å². The van der Waals surface area contributed by atoms with Crippen molar-refractivity contribution in [3.63, 3.8) is 0 Å². The van der Waals surface area contributed by atoms with Gasteiger partial charge in [-0.2, -0.15) is 0 Å². The summed E-state index contributed by atoms with van der Waals surface area (Å²) in [4.78, 5) is 14.9. The van der Waals surface area contributed by atoms with Crippen LogP contribution < -0.4 is 5.32 Å². The van der Waals surface area contributed by atoms with Gasteiger partial charge in [0.25, 0.3) is 0 Å². The normalized spacial score (nSPS) is 15.0. The van der Waals surface area contributed by atoms with Crippen molar-refractivity contribution in [2.75, 3.05) is 5.32 Å². The van der Waals surface area contributed by atoms with Crippen molar-refractivity contribution in [3.8, 4) is 0 Å². The molecule has 24 heavy (non-hydrogen) atoms. The van der Waals surface area contributed by atoms with E-state index in [0.717, 1.165) is 21.3 Å². The van der Waals surface area contributed by atoms with Crippen molar-refractivity contribution in [2.24, 2.45) is 5.92 Å². The van der Waals surface area contributed by atoms with Gasteiger partial charge in [-0.1, -0.05) is 36.4 Å². The largest absolute Gasteiger partial charge is 0.322 e. The lowest BCUT2D eigenvalue weighted by Crippen LogP contribution is -2.42. The molecule has 2 aromatic carbocycles. The number of nitrogens with one attached hydrogen (secondary N) is 1. The Morgan fingerprint density at radius 2 is 1.96 bits per heavy atom. The van der Waals surface area contributed by atoms with Gasteiger partial charge < -0.3 is 10.2 Å². The van der Waals surface area contributed by atoms with Crippen molar-refractivity contribution in [2.45, 2.75) is 39.3 Å². The third-order valence-electron chi connectivity index (χ3n) is 4.62. The number of hydrogen-bond donors (Lipinski definition) is 1. The second-order valence-corrected chi connectivity index (χ2v) is 7.46. The number of amides is 2. The van der Waals surface area contributed by atoms with Gasteiger partial charge in [0.05, 0.1) is 5.69 Å². The first-order chi connectivity index (χ1) is 11.5. The Balaban J connectivity index is 1.77. The maximum absolute atomic E-state index is 12.9. The molecule has 0 bridgehead atoms. The lowest BCUT2D eigenvalue weighted by atomic mass is 10.1. The Hall–Kier alpha value is -1.81. The molecule has 0 aromatic heterocycles. The molecule has 0 aliphatic heterocycles. The Morgan fingerprint density at radius 3 is 2.58 bits per heavy atom. The molecule has 0 spiro atoms. The van der Waals surface area contributed by atoms with Gasteiger partial charge in [0.2, 0.25) is 0 Å². The zero-order valence-electron chi connectivity index (χ0n) is 14.1. The van der Waals surface area contributed by atoms with E-state index in [2.05, 4.69) is 40.3 Å². The molecular weight excluding hydrogens is 364 g/mol. The fourth-order valence-corrected chi connectivity index (χ4v) is 3.51. The smallest absolute Gasteiger partial charge is 0.317 e. The molecule has 4 heteroatoms. The highest BCUT2D eigenvalue weighted by atomic mass is 79.9. The Kier molecular flexibility index (Phi) is 5.24. The zero-order chi connectivity index (χ0) is 17.1. The molecule has 0 radical (unpaired) electrons. The SMILES string of the molecule is Cc1ccc(NC(=O)N(Cc2ccccc2)C(C)C2CC2)c(Br)c1. The summed E-state index contributed by atoms with van der Waals surface area (Å²) in [7, 11) is 0. The van der Waals surface area contributed by atoms with Crippen molar-refractivity contribution < 1.29 is 4.79 Å². The first-order valence-corrected chi connectivity index (χ1v) is 9.21. The van der Waals surface area contributed by atoms with Crippen LogP contribution in [-0.2, 0) is 6.54 Å². The highest BCUT2D eigenvalue weighted by Crippen LogP contribution is 2.36. The maximum atomic E-state index is 12.9. The van der Waals surface area contributed by atoms with Crippen LogP contribution in [0.25, 0.3) is 0 Å². The topological polar surface area (TPSA) is 32.3 Å². The molecule has 1 aliphatic carbocycles. The van der Waals surface area contributed by atoms with E-state index in [-0.39, 0.29) is 12.1 Å². The van der Waals surface area contributed by atoms with E-state index in [9.17, 15) is 4.79 Å². The number of rotatable bonds is 5. The van der Waals surface area contributed by atoms with Gasteiger partial charge >= 0.3 is 6.03 Å². The molecule has 1 unspecified atom stereocenters. The summed E-state index contributed by atoms with van der Waals surface area (Å²) < 4.78 is 0.912. The van der Waals surface area contributed by atoms with E-state index in [1.807, 2.05) is 48.2 Å². The Bertz CT molecular complexity index is 713.